The van der Waals surface area contributed by atoms with Gasteiger partial charge in [-0.2, -0.15) is 0 Å². The number of likely N-dealkylation sites (tertiary alicyclic amines) is 1. The van der Waals surface area contributed by atoms with Gasteiger partial charge in [0.05, 0.1) is 6.61 Å². The summed E-state index contributed by atoms with van der Waals surface area (Å²) >= 11 is 1.90. The van der Waals surface area contributed by atoms with Crippen molar-refractivity contribution >= 4 is 41.3 Å². The number of aliphatic imine (C=N–C) groups is 1. The molecular weight excluding hydrogens is 435 g/mol. The number of rotatable bonds is 5. The number of hydrogen-bond acceptors (Lipinski definition) is 4. The Labute approximate surface area is 166 Å². The molecule has 3 heterocycles. The predicted molar refractivity (Wildman–Crippen MR) is 112 cm³/mol. The number of ether oxygens (including phenoxy) is 1. The molecule has 1 N–H and O–H groups in total. The SMILES string of the molecule is CN=C(NCCN1CCc2sccc2C1)N1CCC(COC)C1.I. The van der Waals surface area contributed by atoms with E-state index in [1.165, 1.54) is 24.9 Å². The zero-order chi connectivity index (χ0) is 16.1. The van der Waals surface area contributed by atoms with Crippen LogP contribution in [-0.2, 0) is 17.7 Å². The Hall–Kier alpha value is -0.380. The molecule has 2 aliphatic rings. The molecule has 3 rings (SSSR count). The Bertz CT molecular complexity index is 536. The summed E-state index contributed by atoms with van der Waals surface area (Å²) in [6.45, 7) is 7.28. The number of fused-ring (bicyclic) bond motifs is 1. The number of nitrogens with zero attached hydrogens (tertiary/aromatic N) is 3. The Balaban J connectivity index is 0.00000208. The highest BCUT2D eigenvalue weighted by atomic mass is 127. The fourth-order valence-corrected chi connectivity index (χ4v) is 4.44. The lowest BCUT2D eigenvalue weighted by Gasteiger charge is -2.28. The molecular formula is C17H29IN4OS. The van der Waals surface area contributed by atoms with Gasteiger partial charge in [-0.25, -0.2) is 0 Å². The van der Waals surface area contributed by atoms with Crippen molar-refractivity contribution in [2.75, 3.05) is 53.5 Å². The standard InChI is InChI=1S/C17H28N4OS.HI/c1-18-17(21-8-3-14(11-21)13-22-2)19-6-9-20-7-4-16-15(12-20)5-10-23-16;/h5,10,14H,3-4,6-9,11-13H2,1-2H3,(H,18,19);1H. The molecule has 1 saturated heterocycles. The first-order chi connectivity index (χ1) is 11.3. The minimum atomic E-state index is 0. The molecule has 0 aliphatic carbocycles. The average molecular weight is 464 g/mol. The van der Waals surface area contributed by atoms with E-state index in [4.69, 9.17) is 4.74 Å². The maximum absolute atomic E-state index is 5.28. The lowest BCUT2D eigenvalue weighted by Crippen LogP contribution is -2.44. The first-order valence-corrected chi connectivity index (χ1v) is 9.40. The number of halogens is 1. The average Bonchev–Trinajstić information content (AvgIpc) is 3.20. The molecule has 1 aromatic rings. The summed E-state index contributed by atoms with van der Waals surface area (Å²) in [7, 11) is 3.66. The van der Waals surface area contributed by atoms with E-state index in [-0.39, 0.29) is 24.0 Å². The first-order valence-electron chi connectivity index (χ1n) is 8.52. The van der Waals surface area contributed by atoms with E-state index in [0.717, 1.165) is 45.3 Å². The van der Waals surface area contributed by atoms with Gasteiger partial charge in [0.2, 0.25) is 0 Å². The van der Waals surface area contributed by atoms with E-state index >= 15 is 0 Å². The first kappa shape index (κ1) is 19.9. The molecule has 0 spiro atoms. The third-order valence-corrected chi connectivity index (χ3v) is 5.82. The van der Waals surface area contributed by atoms with E-state index in [1.54, 1.807) is 12.0 Å². The van der Waals surface area contributed by atoms with Crippen LogP contribution in [0.25, 0.3) is 0 Å². The van der Waals surface area contributed by atoms with Gasteiger partial charge >= 0.3 is 0 Å². The summed E-state index contributed by atoms with van der Waals surface area (Å²) in [5.74, 6) is 1.68. The van der Waals surface area contributed by atoms with Crippen LogP contribution >= 0.6 is 35.3 Å². The smallest absolute Gasteiger partial charge is 0.193 e. The molecule has 0 radical (unpaired) electrons. The van der Waals surface area contributed by atoms with Gasteiger partial charge in [-0.3, -0.25) is 9.89 Å². The Morgan fingerprint density at radius 1 is 1.46 bits per heavy atom. The van der Waals surface area contributed by atoms with Crippen molar-refractivity contribution in [3.63, 3.8) is 0 Å². The van der Waals surface area contributed by atoms with Crippen LogP contribution < -0.4 is 5.32 Å². The molecule has 5 nitrogen and oxygen atoms in total. The van der Waals surface area contributed by atoms with Crippen LogP contribution in [-0.4, -0.2) is 69.2 Å². The highest BCUT2D eigenvalue weighted by molar-refractivity contribution is 14.0. The normalized spacial score (nSPS) is 21.5. The Morgan fingerprint density at radius 2 is 2.33 bits per heavy atom. The molecule has 1 aromatic heterocycles. The van der Waals surface area contributed by atoms with E-state index in [1.807, 2.05) is 18.4 Å². The minimum Gasteiger partial charge on any atom is -0.384 e. The molecule has 0 amide bonds. The second kappa shape index (κ2) is 9.94. The number of thiophene rings is 1. The zero-order valence-electron chi connectivity index (χ0n) is 14.7. The Kier molecular flexibility index (Phi) is 8.25. The molecule has 1 atom stereocenters. The number of nitrogens with one attached hydrogen (secondary N) is 1. The summed E-state index contributed by atoms with van der Waals surface area (Å²) in [4.78, 5) is 10.9. The molecule has 1 unspecified atom stereocenters. The van der Waals surface area contributed by atoms with Gasteiger partial charge in [-0.05, 0) is 29.9 Å². The van der Waals surface area contributed by atoms with Crippen molar-refractivity contribution in [3.05, 3.63) is 21.9 Å². The lowest BCUT2D eigenvalue weighted by molar-refractivity contribution is 0.157. The van der Waals surface area contributed by atoms with Gasteiger partial charge in [0.1, 0.15) is 0 Å². The maximum Gasteiger partial charge on any atom is 0.193 e. The molecule has 0 saturated carbocycles. The van der Waals surface area contributed by atoms with Gasteiger partial charge in [0.25, 0.3) is 0 Å². The summed E-state index contributed by atoms with van der Waals surface area (Å²) in [6.07, 6.45) is 2.40. The molecule has 2 aliphatic heterocycles. The van der Waals surface area contributed by atoms with Crippen LogP contribution in [0.5, 0.6) is 0 Å². The van der Waals surface area contributed by atoms with Gasteiger partial charge in [-0.15, -0.1) is 35.3 Å². The third-order valence-electron chi connectivity index (χ3n) is 4.80. The zero-order valence-corrected chi connectivity index (χ0v) is 17.8. The molecule has 0 bridgehead atoms. The topological polar surface area (TPSA) is 40.1 Å². The van der Waals surface area contributed by atoms with Crippen LogP contribution in [0.1, 0.15) is 16.9 Å². The van der Waals surface area contributed by atoms with Crippen LogP contribution in [0.2, 0.25) is 0 Å². The summed E-state index contributed by atoms with van der Waals surface area (Å²) < 4.78 is 5.28. The molecule has 7 heteroatoms. The fourth-order valence-electron chi connectivity index (χ4n) is 3.55. The van der Waals surface area contributed by atoms with Crippen molar-refractivity contribution in [1.29, 1.82) is 0 Å². The van der Waals surface area contributed by atoms with Crippen molar-refractivity contribution in [3.8, 4) is 0 Å². The van der Waals surface area contributed by atoms with Gasteiger partial charge < -0.3 is 15.0 Å². The lowest BCUT2D eigenvalue weighted by atomic mass is 10.1. The van der Waals surface area contributed by atoms with Gasteiger partial charge in [0.15, 0.2) is 5.96 Å². The number of methoxy groups -OCH3 is 1. The van der Waals surface area contributed by atoms with Crippen molar-refractivity contribution in [2.45, 2.75) is 19.4 Å². The predicted octanol–water partition coefficient (Wildman–Crippen LogP) is 2.27. The van der Waals surface area contributed by atoms with Gasteiger partial charge in [0, 0.05) is 64.2 Å². The van der Waals surface area contributed by atoms with E-state index < -0.39 is 0 Å². The van der Waals surface area contributed by atoms with Gasteiger partial charge in [-0.1, -0.05) is 0 Å². The Morgan fingerprint density at radius 3 is 3.12 bits per heavy atom. The van der Waals surface area contributed by atoms with Crippen molar-refractivity contribution in [1.82, 2.24) is 15.1 Å². The quantitative estimate of drug-likeness (QED) is 0.413. The van der Waals surface area contributed by atoms with Crippen molar-refractivity contribution < 1.29 is 4.74 Å². The molecule has 0 aromatic carbocycles. The minimum absolute atomic E-state index is 0. The second-order valence-electron chi connectivity index (χ2n) is 6.43. The second-order valence-corrected chi connectivity index (χ2v) is 7.43. The van der Waals surface area contributed by atoms with E-state index in [2.05, 4.69) is 31.6 Å². The maximum atomic E-state index is 5.28. The van der Waals surface area contributed by atoms with Crippen LogP contribution in [0.15, 0.2) is 16.4 Å². The van der Waals surface area contributed by atoms with E-state index in [9.17, 15) is 0 Å². The molecule has 1 fully saturated rings. The number of guanidine groups is 1. The van der Waals surface area contributed by atoms with Crippen LogP contribution in [0, 0.1) is 5.92 Å². The molecule has 136 valence electrons. The summed E-state index contributed by atoms with van der Waals surface area (Å²) in [6, 6.07) is 2.28. The largest absolute Gasteiger partial charge is 0.384 e. The fraction of sp³-hybridized carbons (Fsp3) is 0.706. The number of hydrogen-bond donors (Lipinski definition) is 1. The van der Waals surface area contributed by atoms with Crippen LogP contribution in [0.4, 0.5) is 0 Å². The highest BCUT2D eigenvalue weighted by Crippen LogP contribution is 2.23. The summed E-state index contributed by atoms with van der Waals surface area (Å²) in [5.41, 5.74) is 1.52. The van der Waals surface area contributed by atoms with Crippen molar-refractivity contribution in [2.24, 2.45) is 10.9 Å². The monoisotopic (exact) mass is 464 g/mol. The highest BCUT2D eigenvalue weighted by Gasteiger charge is 2.24. The van der Waals surface area contributed by atoms with Crippen LogP contribution in [0.3, 0.4) is 0 Å². The van der Waals surface area contributed by atoms with E-state index in [0.29, 0.717) is 5.92 Å². The third kappa shape index (κ3) is 5.06. The summed E-state index contributed by atoms with van der Waals surface area (Å²) in [5, 5.41) is 5.76. The molecule has 24 heavy (non-hydrogen) atoms.